The SMILES string of the molecule is CCN1CCN(c2nc3ccccc3cc2CN)CC1. The van der Waals surface area contributed by atoms with Crippen LogP contribution in [0.4, 0.5) is 5.82 Å². The first kappa shape index (κ1) is 13.3. The van der Waals surface area contributed by atoms with Crippen LogP contribution in [0, 0.1) is 0 Å². The molecule has 0 saturated carbocycles. The Hall–Kier alpha value is -1.65. The molecule has 0 radical (unpaired) electrons. The third-order valence-corrected chi connectivity index (χ3v) is 4.12. The average Bonchev–Trinajstić information content (AvgIpc) is 2.53. The molecule has 2 N–H and O–H groups in total. The maximum Gasteiger partial charge on any atom is 0.133 e. The molecule has 1 aromatic heterocycles. The van der Waals surface area contributed by atoms with Crippen LogP contribution in [0.1, 0.15) is 12.5 Å². The number of hydrogen-bond acceptors (Lipinski definition) is 4. The molecule has 0 atom stereocenters. The zero-order valence-corrected chi connectivity index (χ0v) is 12.0. The number of fused-ring (bicyclic) bond motifs is 1. The van der Waals surface area contributed by atoms with Crippen LogP contribution >= 0.6 is 0 Å². The molecule has 1 aromatic carbocycles. The fraction of sp³-hybridized carbons (Fsp3) is 0.438. The van der Waals surface area contributed by atoms with E-state index in [0.29, 0.717) is 6.54 Å². The van der Waals surface area contributed by atoms with E-state index < -0.39 is 0 Å². The van der Waals surface area contributed by atoms with Crippen LogP contribution in [0.25, 0.3) is 10.9 Å². The fourth-order valence-electron chi connectivity index (χ4n) is 2.85. The Balaban J connectivity index is 1.94. The molecule has 4 heteroatoms. The molecule has 0 amide bonds. The molecule has 20 heavy (non-hydrogen) atoms. The maximum absolute atomic E-state index is 5.92. The Morgan fingerprint density at radius 3 is 2.60 bits per heavy atom. The first-order valence-electron chi connectivity index (χ1n) is 7.38. The maximum atomic E-state index is 5.92. The first-order valence-corrected chi connectivity index (χ1v) is 7.38. The zero-order valence-electron chi connectivity index (χ0n) is 12.0. The fourth-order valence-corrected chi connectivity index (χ4v) is 2.85. The zero-order chi connectivity index (χ0) is 13.9. The van der Waals surface area contributed by atoms with Crippen LogP contribution < -0.4 is 10.6 Å². The number of aromatic nitrogens is 1. The quantitative estimate of drug-likeness (QED) is 0.924. The molecule has 1 fully saturated rings. The molecule has 2 heterocycles. The molecule has 0 unspecified atom stereocenters. The van der Waals surface area contributed by atoms with E-state index in [0.717, 1.165) is 49.6 Å². The third-order valence-electron chi connectivity index (χ3n) is 4.12. The Morgan fingerprint density at radius 1 is 1.15 bits per heavy atom. The van der Waals surface area contributed by atoms with Crippen LogP contribution in [-0.4, -0.2) is 42.6 Å². The van der Waals surface area contributed by atoms with Crippen molar-refractivity contribution < 1.29 is 0 Å². The number of piperazine rings is 1. The highest BCUT2D eigenvalue weighted by Crippen LogP contribution is 2.24. The van der Waals surface area contributed by atoms with Gasteiger partial charge in [0.15, 0.2) is 0 Å². The van der Waals surface area contributed by atoms with Crippen LogP contribution in [0.3, 0.4) is 0 Å². The number of anilines is 1. The first-order chi connectivity index (χ1) is 9.81. The van der Waals surface area contributed by atoms with Gasteiger partial charge in [0.1, 0.15) is 5.82 Å². The predicted octanol–water partition coefficient (Wildman–Crippen LogP) is 1.84. The number of nitrogens with two attached hydrogens (primary N) is 1. The molecule has 0 spiro atoms. The summed E-state index contributed by atoms with van der Waals surface area (Å²) in [6, 6.07) is 10.4. The number of hydrogen-bond donors (Lipinski definition) is 1. The van der Waals surface area contributed by atoms with E-state index in [1.165, 1.54) is 5.39 Å². The number of nitrogens with zero attached hydrogens (tertiary/aromatic N) is 3. The molecule has 0 aliphatic carbocycles. The Morgan fingerprint density at radius 2 is 1.90 bits per heavy atom. The van der Waals surface area contributed by atoms with E-state index in [9.17, 15) is 0 Å². The van der Waals surface area contributed by atoms with Gasteiger partial charge < -0.3 is 15.5 Å². The Labute approximate surface area is 120 Å². The summed E-state index contributed by atoms with van der Waals surface area (Å²) >= 11 is 0. The third kappa shape index (κ3) is 2.49. The smallest absolute Gasteiger partial charge is 0.133 e. The van der Waals surface area contributed by atoms with Crippen molar-refractivity contribution in [3.05, 3.63) is 35.9 Å². The minimum atomic E-state index is 0.543. The molecule has 1 saturated heterocycles. The largest absolute Gasteiger partial charge is 0.354 e. The Kier molecular flexibility index (Phi) is 3.85. The van der Waals surface area contributed by atoms with Crippen molar-refractivity contribution in [3.63, 3.8) is 0 Å². The summed E-state index contributed by atoms with van der Waals surface area (Å²) in [4.78, 5) is 9.70. The van der Waals surface area contributed by atoms with E-state index in [1.54, 1.807) is 0 Å². The summed E-state index contributed by atoms with van der Waals surface area (Å²) in [5, 5.41) is 1.17. The van der Waals surface area contributed by atoms with Gasteiger partial charge in [0, 0.05) is 43.7 Å². The molecule has 3 rings (SSSR count). The highest BCUT2D eigenvalue weighted by atomic mass is 15.3. The summed E-state index contributed by atoms with van der Waals surface area (Å²) < 4.78 is 0. The van der Waals surface area contributed by atoms with Crippen molar-refractivity contribution in [2.45, 2.75) is 13.5 Å². The van der Waals surface area contributed by atoms with E-state index in [-0.39, 0.29) is 0 Å². The Bertz CT molecular complexity index is 588. The van der Waals surface area contributed by atoms with Crippen molar-refractivity contribution in [1.82, 2.24) is 9.88 Å². The summed E-state index contributed by atoms with van der Waals surface area (Å²) in [6.45, 7) is 8.17. The molecular weight excluding hydrogens is 248 g/mol. The molecular formula is C16H22N4. The lowest BCUT2D eigenvalue weighted by Gasteiger charge is -2.35. The predicted molar refractivity (Wildman–Crippen MR) is 84.0 cm³/mol. The molecule has 106 valence electrons. The van der Waals surface area contributed by atoms with Crippen molar-refractivity contribution in [2.75, 3.05) is 37.6 Å². The van der Waals surface area contributed by atoms with Gasteiger partial charge in [-0.3, -0.25) is 0 Å². The van der Waals surface area contributed by atoms with Gasteiger partial charge in [-0.15, -0.1) is 0 Å². The second-order valence-corrected chi connectivity index (χ2v) is 5.29. The topological polar surface area (TPSA) is 45.4 Å². The lowest BCUT2D eigenvalue weighted by Crippen LogP contribution is -2.46. The summed E-state index contributed by atoms with van der Waals surface area (Å²) in [5.74, 6) is 1.07. The van der Waals surface area contributed by atoms with Gasteiger partial charge in [-0.25, -0.2) is 4.98 Å². The highest BCUT2D eigenvalue weighted by Gasteiger charge is 2.19. The van der Waals surface area contributed by atoms with Gasteiger partial charge in [0.2, 0.25) is 0 Å². The van der Waals surface area contributed by atoms with Gasteiger partial charge in [-0.2, -0.15) is 0 Å². The number of likely N-dealkylation sites (N-methyl/N-ethyl adjacent to an activating group) is 1. The van der Waals surface area contributed by atoms with Crippen LogP contribution in [0.5, 0.6) is 0 Å². The number of pyridine rings is 1. The normalized spacial score (nSPS) is 16.8. The number of para-hydroxylation sites is 1. The molecule has 1 aliphatic rings. The van der Waals surface area contributed by atoms with Crippen LogP contribution in [0.15, 0.2) is 30.3 Å². The van der Waals surface area contributed by atoms with Crippen molar-refractivity contribution in [3.8, 4) is 0 Å². The van der Waals surface area contributed by atoms with Crippen LogP contribution in [-0.2, 0) is 6.54 Å². The monoisotopic (exact) mass is 270 g/mol. The van der Waals surface area contributed by atoms with Crippen molar-refractivity contribution in [1.29, 1.82) is 0 Å². The van der Waals surface area contributed by atoms with Crippen LogP contribution in [0.2, 0.25) is 0 Å². The average molecular weight is 270 g/mol. The van der Waals surface area contributed by atoms with Gasteiger partial charge in [-0.05, 0) is 18.7 Å². The van der Waals surface area contributed by atoms with E-state index in [1.807, 2.05) is 12.1 Å². The summed E-state index contributed by atoms with van der Waals surface area (Å²) in [7, 11) is 0. The van der Waals surface area contributed by atoms with Gasteiger partial charge in [0.25, 0.3) is 0 Å². The minimum absolute atomic E-state index is 0.543. The van der Waals surface area contributed by atoms with Gasteiger partial charge in [0.05, 0.1) is 5.52 Å². The van der Waals surface area contributed by atoms with E-state index in [4.69, 9.17) is 10.7 Å². The molecule has 0 bridgehead atoms. The lowest BCUT2D eigenvalue weighted by atomic mass is 10.1. The number of benzene rings is 1. The molecule has 1 aliphatic heterocycles. The van der Waals surface area contributed by atoms with Crippen molar-refractivity contribution >= 4 is 16.7 Å². The number of rotatable bonds is 3. The van der Waals surface area contributed by atoms with E-state index in [2.05, 4.69) is 34.9 Å². The van der Waals surface area contributed by atoms with E-state index >= 15 is 0 Å². The minimum Gasteiger partial charge on any atom is -0.354 e. The summed E-state index contributed by atoms with van der Waals surface area (Å²) in [5.41, 5.74) is 8.12. The second-order valence-electron chi connectivity index (χ2n) is 5.29. The summed E-state index contributed by atoms with van der Waals surface area (Å²) in [6.07, 6.45) is 0. The standard InChI is InChI=1S/C16H22N4/c1-2-19-7-9-20(10-8-19)16-14(12-17)11-13-5-3-4-6-15(13)18-16/h3-6,11H,2,7-10,12,17H2,1H3. The van der Waals surface area contributed by atoms with Crippen molar-refractivity contribution in [2.24, 2.45) is 5.73 Å². The molecule has 4 nitrogen and oxygen atoms in total. The second kappa shape index (κ2) is 5.77. The highest BCUT2D eigenvalue weighted by molar-refractivity contribution is 5.81. The van der Waals surface area contributed by atoms with Gasteiger partial charge >= 0.3 is 0 Å². The molecule has 2 aromatic rings. The lowest BCUT2D eigenvalue weighted by molar-refractivity contribution is 0.270. The van der Waals surface area contributed by atoms with Gasteiger partial charge in [-0.1, -0.05) is 25.1 Å².